The van der Waals surface area contributed by atoms with Gasteiger partial charge in [0.2, 0.25) is 0 Å². The topological polar surface area (TPSA) is 91.8 Å². The van der Waals surface area contributed by atoms with E-state index < -0.39 is 28.7 Å². The largest absolute Gasteiger partial charge is 0.477 e. The summed E-state index contributed by atoms with van der Waals surface area (Å²) < 4.78 is 50.4. The first-order chi connectivity index (χ1) is 20.0. The molecule has 42 heavy (non-hydrogen) atoms. The number of aromatic nitrogens is 2. The fourth-order valence-electron chi connectivity index (χ4n) is 6.25. The molecule has 8 nitrogen and oxygen atoms in total. The normalized spacial score (nSPS) is 19.5. The number of hydrogen-bond donors (Lipinski definition) is 1. The highest BCUT2D eigenvalue weighted by Gasteiger charge is 2.36. The predicted octanol–water partition coefficient (Wildman–Crippen LogP) is 6.73. The zero-order chi connectivity index (χ0) is 29.8. The minimum absolute atomic E-state index is 0.0941. The van der Waals surface area contributed by atoms with Gasteiger partial charge in [-0.05, 0) is 75.8 Å². The Morgan fingerprint density at radius 1 is 1.00 bits per heavy atom. The van der Waals surface area contributed by atoms with Crippen molar-refractivity contribution in [3.63, 3.8) is 0 Å². The average Bonchev–Trinajstić information content (AvgIpc) is 3.62. The van der Waals surface area contributed by atoms with Crippen LogP contribution in [0, 0.1) is 0 Å². The molecular formula is C31H31F3N4O4. The molecular weight excluding hydrogens is 549 g/mol. The van der Waals surface area contributed by atoms with Gasteiger partial charge >= 0.3 is 12.1 Å². The number of carbonyl (C=O) groups is 1. The lowest BCUT2D eigenvalue weighted by atomic mass is 9.98. The van der Waals surface area contributed by atoms with Gasteiger partial charge in [0.15, 0.2) is 11.0 Å². The van der Waals surface area contributed by atoms with Crippen molar-refractivity contribution < 1.29 is 27.5 Å². The van der Waals surface area contributed by atoms with Gasteiger partial charge in [0.05, 0.1) is 11.3 Å². The van der Waals surface area contributed by atoms with Gasteiger partial charge in [0.1, 0.15) is 11.1 Å². The number of alkyl halides is 3. The molecule has 2 aliphatic heterocycles. The van der Waals surface area contributed by atoms with E-state index in [1.807, 2.05) is 0 Å². The van der Waals surface area contributed by atoms with Gasteiger partial charge in [-0.15, -0.1) is 0 Å². The Hall–Kier alpha value is -4.28. The van der Waals surface area contributed by atoms with E-state index in [1.54, 1.807) is 29.2 Å². The lowest BCUT2D eigenvalue weighted by molar-refractivity contribution is -0.137. The van der Waals surface area contributed by atoms with Gasteiger partial charge < -0.3 is 23.9 Å². The van der Waals surface area contributed by atoms with E-state index in [1.165, 1.54) is 10.6 Å². The zero-order valence-electron chi connectivity index (χ0n) is 23.3. The summed E-state index contributed by atoms with van der Waals surface area (Å²) in [6, 6.07) is 11.1. The van der Waals surface area contributed by atoms with Crippen LogP contribution >= 0.6 is 0 Å². The molecule has 0 saturated carbocycles. The maximum Gasteiger partial charge on any atom is 0.418 e. The average molecular weight is 581 g/mol. The van der Waals surface area contributed by atoms with Crippen molar-refractivity contribution in [1.29, 1.82) is 0 Å². The number of fused-ring (bicyclic) bond motifs is 1. The highest BCUT2D eigenvalue weighted by molar-refractivity contribution is 5.88. The third-order valence-electron chi connectivity index (χ3n) is 8.38. The first-order valence-electron chi connectivity index (χ1n) is 14.2. The van der Waals surface area contributed by atoms with Crippen molar-refractivity contribution in [3.8, 4) is 16.9 Å². The number of carboxylic acid groups (broad SMARTS) is 1. The van der Waals surface area contributed by atoms with Crippen molar-refractivity contribution >= 4 is 28.8 Å². The van der Waals surface area contributed by atoms with Crippen molar-refractivity contribution in [2.75, 3.05) is 22.9 Å². The molecule has 2 atom stereocenters. The summed E-state index contributed by atoms with van der Waals surface area (Å²) in [6.07, 6.45) is 1.31. The molecule has 2 fully saturated rings. The smallest absolute Gasteiger partial charge is 0.418 e. The van der Waals surface area contributed by atoms with Crippen LogP contribution in [0.25, 0.3) is 28.0 Å². The summed E-state index contributed by atoms with van der Waals surface area (Å²) in [4.78, 5) is 33.2. The van der Waals surface area contributed by atoms with Crippen LogP contribution < -0.4 is 15.2 Å². The van der Waals surface area contributed by atoms with E-state index >= 15 is 0 Å². The number of pyridine rings is 1. The lowest BCUT2D eigenvalue weighted by Crippen LogP contribution is -2.44. The van der Waals surface area contributed by atoms with Crippen LogP contribution in [-0.2, 0) is 6.18 Å². The van der Waals surface area contributed by atoms with E-state index in [0.717, 1.165) is 50.4 Å². The Kier molecular flexibility index (Phi) is 6.98. The molecule has 4 aromatic rings. The lowest BCUT2D eigenvalue weighted by Gasteiger charge is -2.37. The van der Waals surface area contributed by atoms with Crippen LogP contribution in [0.2, 0.25) is 0 Å². The van der Waals surface area contributed by atoms with Gasteiger partial charge in [-0.25, -0.2) is 4.79 Å². The van der Waals surface area contributed by atoms with Crippen molar-refractivity contribution in [2.24, 2.45) is 0 Å². The van der Waals surface area contributed by atoms with Gasteiger partial charge in [-0.3, -0.25) is 4.79 Å². The second-order valence-electron chi connectivity index (χ2n) is 11.2. The maximum atomic E-state index is 14.3. The highest BCUT2D eigenvalue weighted by atomic mass is 19.4. The molecule has 0 bridgehead atoms. The van der Waals surface area contributed by atoms with Crippen molar-refractivity contribution in [3.05, 3.63) is 70.0 Å². The Labute approximate surface area is 240 Å². The third kappa shape index (κ3) is 5.01. The number of hydrogen-bond acceptors (Lipinski definition) is 6. The quantitative estimate of drug-likeness (QED) is 0.280. The van der Waals surface area contributed by atoms with Crippen molar-refractivity contribution in [1.82, 2.24) is 9.55 Å². The Balaban J connectivity index is 1.49. The van der Waals surface area contributed by atoms with Crippen LogP contribution in [0.15, 0.2) is 57.9 Å². The summed E-state index contributed by atoms with van der Waals surface area (Å²) in [5.74, 6) is -1.43. The maximum absolute atomic E-state index is 14.3. The third-order valence-corrected chi connectivity index (χ3v) is 8.38. The van der Waals surface area contributed by atoms with Crippen LogP contribution in [0.5, 0.6) is 0 Å². The molecule has 6 rings (SSSR count). The molecule has 0 spiro atoms. The minimum atomic E-state index is -4.63. The van der Waals surface area contributed by atoms with Crippen LogP contribution in [-0.4, -0.2) is 45.8 Å². The van der Waals surface area contributed by atoms with E-state index in [0.29, 0.717) is 35.9 Å². The molecule has 4 heterocycles. The molecule has 2 aromatic heterocycles. The zero-order valence-corrected chi connectivity index (χ0v) is 23.3. The van der Waals surface area contributed by atoms with Crippen LogP contribution in [0.4, 0.5) is 24.9 Å². The minimum Gasteiger partial charge on any atom is -0.477 e. The van der Waals surface area contributed by atoms with Gasteiger partial charge in [-0.2, -0.15) is 18.2 Å². The van der Waals surface area contributed by atoms with E-state index in [4.69, 9.17) is 4.42 Å². The first-order valence-corrected chi connectivity index (χ1v) is 14.2. The fourth-order valence-corrected chi connectivity index (χ4v) is 6.25. The molecule has 2 aromatic carbocycles. The molecule has 2 saturated heterocycles. The number of nitrogens with zero attached hydrogens (tertiary/aromatic N) is 4. The molecule has 0 radical (unpaired) electrons. The predicted molar refractivity (Wildman–Crippen MR) is 154 cm³/mol. The number of benzene rings is 2. The molecule has 11 heteroatoms. The summed E-state index contributed by atoms with van der Waals surface area (Å²) in [6.45, 7) is 5.32. The molecule has 0 amide bonds. The fraction of sp³-hybridized carbons (Fsp3) is 0.387. The van der Waals surface area contributed by atoms with Crippen LogP contribution in [0.1, 0.15) is 61.9 Å². The second-order valence-corrected chi connectivity index (χ2v) is 11.2. The molecule has 220 valence electrons. The van der Waals surface area contributed by atoms with E-state index in [-0.39, 0.29) is 29.0 Å². The van der Waals surface area contributed by atoms with Gasteiger partial charge in [0.25, 0.3) is 6.01 Å². The monoisotopic (exact) mass is 580 g/mol. The number of oxazole rings is 1. The summed E-state index contributed by atoms with van der Waals surface area (Å²) in [5, 5.41) is 9.67. The Morgan fingerprint density at radius 3 is 2.38 bits per heavy atom. The molecule has 2 aliphatic rings. The summed E-state index contributed by atoms with van der Waals surface area (Å²) >= 11 is 0. The summed E-state index contributed by atoms with van der Waals surface area (Å²) in [7, 11) is 0. The van der Waals surface area contributed by atoms with Gasteiger partial charge in [0, 0.05) is 54.9 Å². The molecule has 0 aliphatic carbocycles. The van der Waals surface area contributed by atoms with E-state index in [2.05, 4.69) is 23.7 Å². The summed E-state index contributed by atoms with van der Waals surface area (Å²) in [5.41, 5.74) is -0.308. The van der Waals surface area contributed by atoms with Crippen molar-refractivity contribution in [2.45, 2.75) is 64.2 Å². The standard InChI is InChI=1S/C31H31F3N4O4/c1-18-6-5-7-19(2)38(18)30-35-24-10-9-21(15-28(24)42-30)37-17-22(29(40)41)27(39)16-26(37)20-8-11-25(36-12-3-4-13-36)23(14-20)31(32,33)34/h8-11,14-19H,3-7,12-13H2,1-2H3,(H,40,41). The SMILES string of the molecule is CC1CCCC(C)N1c1nc2ccc(-n3cc(C(=O)O)c(=O)cc3-c3ccc(N4CCCC4)c(C(F)(F)F)c3)cc2o1. The van der Waals surface area contributed by atoms with Gasteiger partial charge in [-0.1, -0.05) is 6.07 Å². The molecule has 2 unspecified atom stereocenters. The number of carboxylic acids is 1. The second kappa shape index (κ2) is 10.5. The molecule has 1 N–H and O–H groups in total. The first kappa shape index (κ1) is 27.9. The number of piperidine rings is 1. The Bertz CT molecular complexity index is 1710. The number of aromatic carboxylic acids is 1. The van der Waals surface area contributed by atoms with E-state index in [9.17, 15) is 27.9 Å². The number of halogens is 3. The Morgan fingerprint density at radius 2 is 1.71 bits per heavy atom. The number of anilines is 2. The van der Waals surface area contributed by atoms with Crippen LogP contribution in [0.3, 0.4) is 0 Å². The highest BCUT2D eigenvalue weighted by Crippen LogP contribution is 2.40. The number of rotatable bonds is 5.